The molecule has 0 fully saturated rings. The van der Waals surface area contributed by atoms with Gasteiger partial charge >= 0.3 is 5.63 Å². The lowest BCUT2D eigenvalue weighted by molar-refractivity contribution is 0.102. The summed E-state index contributed by atoms with van der Waals surface area (Å²) in [6.07, 6.45) is 0. The fourth-order valence-electron chi connectivity index (χ4n) is 2.09. The van der Waals surface area contributed by atoms with Crippen molar-refractivity contribution in [3.63, 3.8) is 0 Å². The van der Waals surface area contributed by atoms with E-state index in [1.807, 2.05) is 0 Å². The molecule has 0 radical (unpaired) electrons. The van der Waals surface area contributed by atoms with Gasteiger partial charge in [-0.2, -0.15) is 0 Å². The van der Waals surface area contributed by atoms with Gasteiger partial charge in [0.1, 0.15) is 17.1 Å². The minimum atomic E-state index is -1.06. The summed E-state index contributed by atoms with van der Waals surface area (Å²) in [5, 5.41) is 13.1. The molecule has 116 valence electrons. The van der Waals surface area contributed by atoms with Gasteiger partial charge in [0.15, 0.2) is 5.56 Å². The van der Waals surface area contributed by atoms with Crippen LogP contribution in [0.2, 0.25) is 5.02 Å². The molecule has 0 saturated heterocycles. The zero-order chi connectivity index (χ0) is 16.6. The number of anilines is 1. The van der Waals surface area contributed by atoms with E-state index in [0.717, 1.165) is 12.1 Å². The Bertz CT molecular complexity index is 966. The number of hydrogen-bond donors (Lipinski definition) is 2. The number of hydrogen-bond acceptors (Lipinski definition) is 4. The first-order valence-corrected chi connectivity index (χ1v) is 6.86. The Morgan fingerprint density at radius 1 is 1.17 bits per heavy atom. The average Bonchev–Trinajstić information content (AvgIpc) is 2.49. The molecule has 0 saturated carbocycles. The zero-order valence-corrected chi connectivity index (χ0v) is 12.2. The second-order valence-corrected chi connectivity index (χ2v) is 5.15. The lowest BCUT2D eigenvalue weighted by atomic mass is 10.1. The number of carbonyl (C=O) groups excluding carboxylic acids is 1. The van der Waals surface area contributed by atoms with Crippen molar-refractivity contribution in [3.05, 3.63) is 69.3 Å². The van der Waals surface area contributed by atoms with E-state index in [1.54, 1.807) is 12.1 Å². The molecule has 0 unspecified atom stereocenters. The van der Waals surface area contributed by atoms with Gasteiger partial charge in [0.2, 0.25) is 0 Å². The lowest BCUT2D eigenvalue weighted by Crippen LogP contribution is -2.21. The number of carbonyl (C=O) groups is 1. The van der Waals surface area contributed by atoms with E-state index < -0.39 is 28.7 Å². The second-order valence-electron chi connectivity index (χ2n) is 4.71. The number of nitrogens with one attached hydrogen (secondary N) is 1. The third-order valence-corrected chi connectivity index (χ3v) is 3.42. The number of amides is 1. The van der Waals surface area contributed by atoms with Crippen LogP contribution in [0.25, 0.3) is 11.0 Å². The molecule has 0 bridgehead atoms. The molecule has 0 atom stereocenters. The molecule has 1 amide bonds. The van der Waals surface area contributed by atoms with E-state index in [9.17, 15) is 19.1 Å². The van der Waals surface area contributed by atoms with Gasteiger partial charge in [0, 0.05) is 16.8 Å². The quantitative estimate of drug-likeness (QED) is 0.703. The summed E-state index contributed by atoms with van der Waals surface area (Å²) < 4.78 is 18.0. The number of halogens is 2. The highest BCUT2D eigenvalue weighted by atomic mass is 35.5. The van der Waals surface area contributed by atoms with Crippen LogP contribution in [-0.4, -0.2) is 11.0 Å². The first kappa shape index (κ1) is 15.1. The van der Waals surface area contributed by atoms with Gasteiger partial charge in [-0.15, -0.1) is 0 Å². The average molecular weight is 334 g/mol. The highest BCUT2D eigenvalue weighted by molar-refractivity contribution is 6.30. The molecule has 0 aliphatic carbocycles. The van der Waals surface area contributed by atoms with Gasteiger partial charge in [-0.1, -0.05) is 11.6 Å². The minimum absolute atomic E-state index is 0.0623. The fourth-order valence-corrected chi connectivity index (χ4v) is 2.21. The second kappa shape index (κ2) is 5.73. The van der Waals surface area contributed by atoms with Crippen molar-refractivity contribution in [2.24, 2.45) is 0 Å². The Hall–Kier alpha value is -2.86. The van der Waals surface area contributed by atoms with E-state index >= 15 is 0 Å². The van der Waals surface area contributed by atoms with Crippen molar-refractivity contribution in [1.29, 1.82) is 0 Å². The summed E-state index contributed by atoms with van der Waals surface area (Å²) in [7, 11) is 0. The molecule has 0 aliphatic heterocycles. The normalized spacial score (nSPS) is 10.7. The molecule has 3 rings (SSSR count). The molecule has 1 aromatic heterocycles. The van der Waals surface area contributed by atoms with Crippen LogP contribution in [0.1, 0.15) is 10.4 Å². The van der Waals surface area contributed by atoms with Gasteiger partial charge in [0.25, 0.3) is 5.91 Å². The van der Waals surface area contributed by atoms with Gasteiger partial charge in [-0.05, 0) is 36.4 Å². The number of fused-ring (bicyclic) bond motifs is 1. The van der Waals surface area contributed by atoms with E-state index in [4.69, 9.17) is 16.0 Å². The maximum Gasteiger partial charge on any atom is 0.353 e. The highest BCUT2D eigenvalue weighted by Crippen LogP contribution is 2.27. The summed E-state index contributed by atoms with van der Waals surface area (Å²) >= 11 is 5.75. The predicted molar refractivity (Wildman–Crippen MR) is 83.5 cm³/mol. The highest BCUT2D eigenvalue weighted by Gasteiger charge is 2.21. The summed E-state index contributed by atoms with van der Waals surface area (Å²) in [4.78, 5) is 24.1. The summed E-state index contributed by atoms with van der Waals surface area (Å²) in [6, 6.07) is 9.46. The van der Waals surface area contributed by atoms with Crippen molar-refractivity contribution in [1.82, 2.24) is 0 Å². The van der Waals surface area contributed by atoms with Crippen LogP contribution >= 0.6 is 11.6 Å². The molecular formula is C16H9ClFNO4. The fraction of sp³-hybridized carbons (Fsp3) is 0. The Morgan fingerprint density at radius 3 is 2.57 bits per heavy atom. The molecule has 2 aromatic carbocycles. The van der Waals surface area contributed by atoms with E-state index in [-0.39, 0.29) is 11.0 Å². The lowest BCUT2D eigenvalue weighted by Gasteiger charge is -2.07. The maximum absolute atomic E-state index is 13.1. The van der Waals surface area contributed by atoms with Crippen LogP contribution in [0, 0.1) is 5.82 Å². The monoisotopic (exact) mass is 333 g/mol. The molecule has 3 aromatic rings. The van der Waals surface area contributed by atoms with Gasteiger partial charge < -0.3 is 14.8 Å². The molecule has 23 heavy (non-hydrogen) atoms. The minimum Gasteiger partial charge on any atom is -0.506 e. The summed E-state index contributed by atoms with van der Waals surface area (Å²) in [6.45, 7) is 0. The Kier molecular flexibility index (Phi) is 3.75. The van der Waals surface area contributed by atoms with Crippen molar-refractivity contribution < 1.29 is 18.7 Å². The smallest absolute Gasteiger partial charge is 0.353 e. The third-order valence-electron chi connectivity index (χ3n) is 3.17. The third kappa shape index (κ3) is 2.89. The van der Waals surface area contributed by atoms with Crippen molar-refractivity contribution in [2.45, 2.75) is 0 Å². The van der Waals surface area contributed by atoms with Crippen molar-refractivity contribution in [3.8, 4) is 5.75 Å². The first-order chi connectivity index (χ1) is 11.0. The predicted octanol–water partition coefficient (Wildman–Crippen LogP) is 3.54. The molecule has 5 nitrogen and oxygen atoms in total. The Balaban J connectivity index is 2.05. The van der Waals surface area contributed by atoms with Crippen LogP contribution in [0.3, 0.4) is 0 Å². The van der Waals surface area contributed by atoms with Gasteiger partial charge in [-0.25, -0.2) is 9.18 Å². The Morgan fingerprint density at radius 2 is 1.87 bits per heavy atom. The van der Waals surface area contributed by atoms with E-state index in [0.29, 0.717) is 10.7 Å². The topological polar surface area (TPSA) is 79.5 Å². The van der Waals surface area contributed by atoms with Gasteiger partial charge in [0.05, 0.1) is 5.39 Å². The largest absolute Gasteiger partial charge is 0.506 e. The van der Waals surface area contributed by atoms with Crippen LogP contribution in [0.4, 0.5) is 10.1 Å². The van der Waals surface area contributed by atoms with Crippen molar-refractivity contribution >= 4 is 34.2 Å². The molecular weight excluding hydrogens is 325 g/mol. The molecule has 0 spiro atoms. The van der Waals surface area contributed by atoms with Crippen LogP contribution < -0.4 is 10.9 Å². The van der Waals surface area contributed by atoms with E-state index in [1.165, 1.54) is 18.2 Å². The molecule has 7 heteroatoms. The maximum atomic E-state index is 13.1. The summed E-state index contributed by atoms with van der Waals surface area (Å²) in [5.41, 5.74) is -1.38. The van der Waals surface area contributed by atoms with Crippen LogP contribution in [-0.2, 0) is 0 Å². The molecule has 2 N–H and O–H groups in total. The van der Waals surface area contributed by atoms with Crippen LogP contribution in [0.15, 0.2) is 51.7 Å². The zero-order valence-electron chi connectivity index (χ0n) is 11.5. The Labute approximate surface area is 133 Å². The number of benzene rings is 2. The van der Waals surface area contributed by atoms with Crippen LogP contribution in [0.5, 0.6) is 5.75 Å². The SMILES string of the molecule is O=C(Nc1ccc(Cl)cc1)c1c(O)c2ccc(F)cc2oc1=O. The number of aromatic hydroxyl groups is 1. The van der Waals surface area contributed by atoms with E-state index in [2.05, 4.69) is 5.32 Å². The molecule has 1 heterocycles. The van der Waals surface area contributed by atoms with Gasteiger partial charge in [-0.3, -0.25) is 4.79 Å². The first-order valence-electron chi connectivity index (χ1n) is 6.48. The van der Waals surface area contributed by atoms with Crippen molar-refractivity contribution in [2.75, 3.05) is 5.32 Å². The summed E-state index contributed by atoms with van der Waals surface area (Å²) in [5.74, 6) is -2.04. The standard InChI is InChI=1S/C16H9ClFNO4/c17-8-1-4-10(5-2-8)19-15(21)13-14(20)11-6-3-9(18)7-12(11)23-16(13)22/h1-7,20H,(H,19,21). The number of rotatable bonds is 2. The molecule has 0 aliphatic rings.